The predicted octanol–water partition coefficient (Wildman–Crippen LogP) is 3.79. The molecule has 0 aliphatic heterocycles. The molecule has 2 aromatic rings. The molecule has 0 amide bonds. The molecule has 1 aliphatic carbocycles. The van der Waals surface area contributed by atoms with Crippen molar-refractivity contribution in [2.24, 2.45) is 5.92 Å². The van der Waals surface area contributed by atoms with E-state index in [1.54, 1.807) is 6.20 Å². The van der Waals surface area contributed by atoms with Crippen LogP contribution >= 0.6 is 0 Å². The van der Waals surface area contributed by atoms with Gasteiger partial charge >= 0.3 is 5.97 Å². The first-order valence-electron chi connectivity index (χ1n) is 9.99. The summed E-state index contributed by atoms with van der Waals surface area (Å²) in [6.07, 6.45) is 3.17. The number of carbonyl (C=O) groups is 1. The normalized spacial score (nSPS) is 24.3. The molecular formula is C24H28N2O3. The van der Waals surface area contributed by atoms with Crippen LogP contribution in [0.1, 0.15) is 63.0 Å². The minimum Gasteiger partial charge on any atom is -0.458 e. The molecule has 0 bridgehead atoms. The monoisotopic (exact) mass is 392 g/mol. The Labute approximate surface area is 172 Å². The Morgan fingerprint density at radius 1 is 1.24 bits per heavy atom. The van der Waals surface area contributed by atoms with Crippen LogP contribution in [-0.2, 0) is 9.53 Å². The number of benzene rings is 1. The third-order valence-electron chi connectivity index (χ3n) is 5.11. The van der Waals surface area contributed by atoms with Crippen molar-refractivity contribution >= 4 is 5.97 Å². The summed E-state index contributed by atoms with van der Waals surface area (Å²) >= 11 is 0. The highest BCUT2D eigenvalue weighted by atomic mass is 16.6. The minimum absolute atomic E-state index is 0.0343. The number of aliphatic hydroxyl groups is 1. The van der Waals surface area contributed by atoms with E-state index >= 15 is 0 Å². The van der Waals surface area contributed by atoms with Crippen molar-refractivity contribution in [3.8, 4) is 11.8 Å². The number of hydrogen-bond donors (Lipinski definition) is 1. The molecule has 5 heteroatoms. The zero-order chi connectivity index (χ0) is 21.1. The van der Waals surface area contributed by atoms with Crippen LogP contribution in [0.3, 0.4) is 0 Å². The summed E-state index contributed by atoms with van der Waals surface area (Å²) in [7, 11) is 0. The van der Waals surface area contributed by atoms with Gasteiger partial charge in [-0.15, -0.1) is 0 Å². The molecule has 1 saturated carbocycles. The van der Waals surface area contributed by atoms with Crippen LogP contribution in [0.2, 0.25) is 0 Å². The summed E-state index contributed by atoms with van der Waals surface area (Å²) in [6, 6.07) is 11.5. The van der Waals surface area contributed by atoms with Gasteiger partial charge in [0.1, 0.15) is 5.60 Å². The summed E-state index contributed by atoms with van der Waals surface area (Å²) in [4.78, 5) is 21.4. The molecule has 0 saturated heterocycles. The standard InChI is InChI=1S/C24H28N2O3/c1-17-13-15-25-21(26-17)11-10-18-12-14-24(28,22(27)29-23(2,3)4)20(16-18)19-8-6-5-7-9-19/h5-9,13,15,18,20,28H,12,14,16H2,1-4H3/t18?,20-,24-/m1/s1. The van der Waals surface area contributed by atoms with Gasteiger partial charge in [-0.25, -0.2) is 14.8 Å². The molecule has 1 fully saturated rings. The summed E-state index contributed by atoms with van der Waals surface area (Å²) in [5.41, 5.74) is -0.437. The minimum atomic E-state index is -1.56. The van der Waals surface area contributed by atoms with Gasteiger partial charge in [0.2, 0.25) is 5.82 Å². The third-order valence-corrected chi connectivity index (χ3v) is 5.11. The highest BCUT2D eigenvalue weighted by Crippen LogP contribution is 2.44. The van der Waals surface area contributed by atoms with Gasteiger partial charge in [-0.05, 0) is 64.5 Å². The summed E-state index contributed by atoms with van der Waals surface area (Å²) < 4.78 is 5.56. The first-order chi connectivity index (χ1) is 13.7. The molecule has 152 valence electrons. The lowest BCUT2D eigenvalue weighted by Crippen LogP contribution is -2.50. The van der Waals surface area contributed by atoms with E-state index in [9.17, 15) is 9.90 Å². The number of esters is 1. The number of aromatic nitrogens is 2. The fourth-order valence-corrected chi connectivity index (χ4v) is 3.68. The molecular weight excluding hydrogens is 364 g/mol. The van der Waals surface area contributed by atoms with Crippen molar-refractivity contribution in [1.29, 1.82) is 0 Å². The molecule has 5 nitrogen and oxygen atoms in total. The number of aryl methyl sites for hydroxylation is 1. The first kappa shape index (κ1) is 21.0. The van der Waals surface area contributed by atoms with E-state index in [0.29, 0.717) is 25.1 Å². The molecule has 29 heavy (non-hydrogen) atoms. The maximum Gasteiger partial charge on any atom is 0.339 e. The smallest absolute Gasteiger partial charge is 0.339 e. The van der Waals surface area contributed by atoms with Gasteiger partial charge in [0.25, 0.3) is 0 Å². The number of nitrogens with zero attached hydrogens (tertiary/aromatic N) is 2. The van der Waals surface area contributed by atoms with Crippen LogP contribution in [0.5, 0.6) is 0 Å². The van der Waals surface area contributed by atoms with Gasteiger partial charge < -0.3 is 9.84 Å². The van der Waals surface area contributed by atoms with Gasteiger partial charge in [0, 0.05) is 23.7 Å². The van der Waals surface area contributed by atoms with Gasteiger partial charge in [-0.1, -0.05) is 36.3 Å². The van der Waals surface area contributed by atoms with Gasteiger partial charge in [0.15, 0.2) is 5.60 Å². The molecule has 0 spiro atoms. The average molecular weight is 392 g/mol. The molecule has 1 heterocycles. The Morgan fingerprint density at radius 2 is 1.97 bits per heavy atom. The first-order valence-corrected chi connectivity index (χ1v) is 9.99. The zero-order valence-electron chi connectivity index (χ0n) is 17.5. The number of hydrogen-bond acceptors (Lipinski definition) is 5. The van der Waals surface area contributed by atoms with E-state index in [-0.39, 0.29) is 11.8 Å². The quantitative estimate of drug-likeness (QED) is 0.622. The number of ether oxygens (including phenoxy) is 1. The van der Waals surface area contributed by atoms with E-state index in [1.807, 2.05) is 64.1 Å². The second-order valence-corrected chi connectivity index (χ2v) is 8.65. The molecule has 1 aliphatic rings. The van der Waals surface area contributed by atoms with E-state index in [1.165, 1.54) is 0 Å². The lowest BCUT2D eigenvalue weighted by molar-refractivity contribution is -0.183. The molecule has 3 atom stereocenters. The van der Waals surface area contributed by atoms with E-state index in [2.05, 4.69) is 21.8 Å². The molecule has 0 radical (unpaired) electrons. The Kier molecular flexibility index (Phi) is 6.04. The molecule has 1 aromatic carbocycles. The van der Waals surface area contributed by atoms with E-state index < -0.39 is 17.2 Å². The third kappa shape index (κ3) is 5.21. The largest absolute Gasteiger partial charge is 0.458 e. The highest BCUT2D eigenvalue weighted by molar-refractivity contribution is 5.81. The number of rotatable bonds is 2. The second kappa shape index (κ2) is 8.34. The maximum absolute atomic E-state index is 12.9. The molecule has 1 unspecified atom stereocenters. The Balaban J connectivity index is 1.87. The van der Waals surface area contributed by atoms with Crippen LogP contribution in [-0.4, -0.2) is 32.2 Å². The summed E-state index contributed by atoms with van der Waals surface area (Å²) in [5, 5.41) is 11.4. The molecule has 1 aromatic heterocycles. The lowest BCUT2D eigenvalue weighted by Gasteiger charge is -2.41. The van der Waals surface area contributed by atoms with Crippen molar-refractivity contribution in [2.75, 3.05) is 0 Å². The Bertz CT molecular complexity index is 924. The average Bonchev–Trinajstić information content (AvgIpc) is 2.67. The topological polar surface area (TPSA) is 72.3 Å². The summed E-state index contributed by atoms with van der Waals surface area (Å²) in [5.74, 6) is 5.89. The van der Waals surface area contributed by atoms with E-state index in [0.717, 1.165) is 11.3 Å². The maximum atomic E-state index is 12.9. The highest BCUT2D eigenvalue weighted by Gasteiger charge is 2.50. The van der Waals surface area contributed by atoms with Gasteiger partial charge in [-0.3, -0.25) is 0 Å². The van der Waals surface area contributed by atoms with Crippen LogP contribution in [0.25, 0.3) is 0 Å². The van der Waals surface area contributed by atoms with E-state index in [4.69, 9.17) is 4.74 Å². The van der Waals surface area contributed by atoms with Crippen LogP contribution in [0, 0.1) is 24.7 Å². The Morgan fingerprint density at radius 3 is 2.62 bits per heavy atom. The lowest BCUT2D eigenvalue weighted by atomic mass is 9.68. The SMILES string of the molecule is Cc1ccnc(C#CC2CC[C@](O)(C(=O)OC(C)(C)C)[C@@H](c3ccccc3)C2)n1. The predicted molar refractivity (Wildman–Crippen MR) is 111 cm³/mol. The molecule has 1 N–H and O–H groups in total. The van der Waals surface area contributed by atoms with Crippen LogP contribution in [0.15, 0.2) is 42.6 Å². The summed E-state index contributed by atoms with van der Waals surface area (Å²) in [6.45, 7) is 7.33. The van der Waals surface area contributed by atoms with Crippen LogP contribution in [0.4, 0.5) is 0 Å². The fourth-order valence-electron chi connectivity index (χ4n) is 3.68. The Hall–Kier alpha value is -2.71. The second-order valence-electron chi connectivity index (χ2n) is 8.65. The van der Waals surface area contributed by atoms with Crippen LogP contribution < -0.4 is 0 Å². The fraction of sp³-hybridized carbons (Fsp3) is 0.458. The van der Waals surface area contributed by atoms with Crippen molar-refractivity contribution in [1.82, 2.24) is 9.97 Å². The number of carbonyl (C=O) groups excluding carboxylic acids is 1. The van der Waals surface area contributed by atoms with Gasteiger partial charge in [0.05, 0.1) is 0 Å². The van der Waals surface area contributed by atoms with Crippen molar-refractivity contribution in [2.45, 2.75) is 64.1 Å². The zero-order valence-corrected chi connectivity index (χ0v) is 17.5. The van der Waals surface area contributed by atoms with Crippen molar-refractivity contribution in [3.05, 3.63) is 59.7 Å². The van der Waals surface area contributed by atoms with Gasteiger partial charge in [-0.2, -0.15) is 0 Å². The van der Waals surface area contributed by atoms with Crippen molar-refractivity contribution in [3.63, 3.8) is 0 Å². The van der Waals surface area contributed by atoms with Crippen molar-refractivity contribution < 1.29 is 14.6 Å². The molecule has 3 rings (SSSR count).